The Morgan fingerprint density at radius 3 is 2.52 bits per heavy atom. The molecule has 228 valence electrons. The molecule has 4 aromatic rings. The van der Waals surface area contributed by atoms with Crippen LogP contribution in [0, 0.1) is 17.8 Å². The maximum atomic E-state index is 12.4. The third-order valence-corrected chi connectivity index (χ3v) is 9.43. The van der Waals surface area contributed by atoms with Crippen molar-refractivity contribution in [2.45, 2.75) is 51.2 Å². The van der Waals surface area contributed by atoms with Crippen molar-refractivity contribution in [3.63, 3.8) is 0 Å². The SMILES string of the molecule is CC(C)(COc1ccc(Nc2nc(N[C@@H]3C4C=CC(C4)[C@@H]3C(N)=O)c3cnn(Cc4ccccc4)c3n2)cc1)N1CCCC1. The van der Waals surface area contributed by atoms with E-state index in [9.17, 15) is 4.79 Å². The number of primary amides is 1. The fraction of sp³-hybridized carbons (Fsp3) is 0.412. The lowest BCUT2D eigenvalue weighted by atomic mass is 9.88. The second kappa shape index (κ2) is 11.6. The fourth-order valence-electron chi connectivity index (χ4n) is 7.00. The van der Waals surface area contributed by atoms with Crippen LogP contribution < -0.4 is 21.1 Å². The number of carbonyl (C=O) groups excluding carboxylic acids is 1. The lowest BCUT2D eigenvalue weighted by Crippen LogP contribution is -2.46. The highest BCUT2D eigenvalue weighted by molar-refractivity contribution is 5.89. The van der Waals surface area contributed by atoms with Gasteiger partial charge in [-0.05, 0) is 87.9 Å². The number of nitrogens with one attached hydrogen (secondary N) is 2. The Morgan fingerprint density at radius 1 is 1.02 bits per heavy atom. The number of anilines is 3. The van der Waals surface area contributed by atoms with Gasteiger partial charge in [-0.25, -0.2) is 4.68 Å². The van der Waals surface area contributed by atoms with Crippen LogP contribution in [-0.2, 0) is 11.3 Å². The molecule has 1 amide bonds. The van der Waals surface area contributed by atoms with Crippen molar-refractivity contribution >= 4 is 34.4 Å². The molecule has 4 atom stereocenters. The second-order valence-electron chi connectivity index (χ2n) is 12.9. The Hall–Kier alpha value is -4.44. The van der Waals surface area contributed by atoms with E-state index >= 15 is 0 Å². The smallest absolute Gasteiger partial charge is 0.231 e. The molecule has 44 heavy (non-hydrogen) atoms. The summed E-state index contributed by atoms with van der Waals surface area (Å²) in [5.74, 6) is 1.71. The van der Waals surface area contributed by atoms with Crippen LogP contribution in [0.15, 0.2) is 72.9 Å². The van der Waals surface area contributed by atoms with E-state index in [1.54, 1.807) is 6.20 Å². The first-order valence-corrected chi connectivity index (χ1v) is 15.6. The van der Waals surface area contributed by atoms with Gasteiger partial charge >= 0.3 is 0 Å². The molecule has 10 nitrogen and oxygen atoms in total. The Bertz CT molecular complexity index is 1660. The molecule has 2 aromatic carbocycles. The number of nitrogens with zero attached hydrogens (tertiary/aromatic N) is 5. The molecule has 0 spiro atoms. The Balaban J connectivity index is 1.14. The standard InChI is InChI=1S/C34H40N8O2/c1-34(2,41-16-6-7-17-41)21-44-26-14-12-25(13-15-26)37-33-39-31(38-29-24-11-10-23(18-24)28(29)30(35)43)27-19-36-42(32(27)40-33)20-22-8-4-3-5-9-22/h3-5,8-15,19,23-24,28-29H,6-7,16-18,20-21H2,1-2H3,(H2,35,43)(H2,37,38,39,40)/t23?,24?,28-,29+/m0/s1. The number of likely N-dealkylation sites (tertiary alicyclic amines) is 1. The molecule has 1 saturated carbocycles. The van der Waals surface area contributed by atoms with Crippen LogP contribution in [0.5, 0.6) is 5.75 Å². The molecule has 1 saturated heterocycles. The van der Waals surface area contributed by atoms with Crippen molar-refractivity contribution in [3.8, 4) is 5.75 Å². The Kier molecular flexibility index (Phi) is 7.45. The maximum absolute atomic E-state index is 12.4. The minimum atomic E-state index is -0.284. The molecule has 2 bridgehead atoms. The molecular weight excluding hydrogens is 552 g/mol. The summed E-state index contributed by atoms with van der Waals surface area (Å²) in [5.41, 5.74) is 8.52. The summed E-state index contributed by atoms with van der Waals surface area (Å²) in [7, 11) is 0. The lowest BCUT2D eigenvalue weighted by Gasteiger charge is -2.35. The molecule has 1 aliphatic heterocycles. The number of ether oxygens (including phenoxy) is 1. The summed E-state index contributed by atoms with van der Waals surface area (Å²) < 4.78 is 8.07. The molecule has 10 heteroatoms. The summed E-state index contributed by atoms with van der Waals surface area (Å²) in [6.45, 7) is 7.95. The average Bonchev–Trinajstić information content (AvgIpc) is 3.83. The van der Waals surface area contributed by atoms with Gasteiger partial charge in [-0.1, -0.05) is 42.5 Å². The van der Waals surface area contributed by atoms with Crippen molar-refractivity contribution < 1.29 is 9.53 Å². The first kappa shape index (κ1) is 28.3. The van der Waals surface area contributed by atoms with Gasteiger partial charge < -0.3 is 21.1 Å². The third kappa shape index (κ3) is 5.61. The first-order chi connectivity index (χ1) is 21.3. The summed E-state index contributed by atoms with van der Waals surface area (Å²) in [5, 5.41) is 12.4. The molecule has 7 rings (SSSR count). The normalized spacial score (nSPS) is 23.0. The van der Waals surface area contributed by atoms with Gasteiger partial charge in [-0.2, -0.15) is 15.1 Å². The maximum Gasteiger partial charge on any atom is 0.231 e. The van der Waals surface area contributed by atoms with Crippen molar-refractivity contribution in [1.29, 1.82) is 0 Å². The highest BCUT2D eigenvalue weighted by Gasteiger charge is 2.47. The van der Waals surface area contributed by atoms with E-state index < -0.39 is 0 Å². The van der Waals surface area contributed by atoms with Crippen molar-refractivity contribution in [2.24, 2.45) is 23.5 Å². The van der Waals surface area contributed by atoms with E-state index in [-0.39, 0.29) is 35.2 Å². The van der Waals surface area contributed by atoms with Gasteiger partial charge in [0.25, 0.3) is 0 Å². The molecule has 2 aromatic heterocycles. The number of allylic oxidation sites excluding steroid dienone is 1. The summed E-state index contributed by atoms with van der Waals surface area (Å²) in [6, 6.07) is 17.9. The van der Waals surface area contributed by atoms with E-state index in [0.29, 0.717) is 30.6 Å². The fourth-order valence-corrected chi connectivity index (χ4v) is 7.00. The predicted molar refractivity (Wildman–Crippen MR) is 172 cm³/mol. The molecule has 4 N–H and O–H groups in total. The molecule has 2 aliphatic carbocycles. The highest BCUT2D eigenvalue weighted by atomic mass is 16.5. The number of aromatic nitrogens is 4. The van der Waals surface area contributed by atoms with Crippen LogP contribution in [0.1, 0.15) is 38.7 Å². The monoisotopic (exact) mass is 592 g/mol. The van der Waals surface area contributed by atoms with Crippen LogP contribution in [0.2, 0.25) is 0 Å². The van der Waals surface area contributed by atoms with Crippen LogP contribution >= 0.6 is 0 Å². The minimum Gasteiger partial charge on any atom is -0.492 e. The largest absolute Gasteiger partial charge is 0.492 e. The molecule has 2 fully saturated rings. The zero-order chi connectivity index (χ0) is 30.3. The first-order valence-electron chi connectivity index (χ1n) is 15.6. The number of hydrogen-bond acceptors (Lipinski definition) is 8. The Morgan fingerprint density at radius 2 is 1.77 bits per heavy atom. The number of rotatable bonds is 11. The second-order valence-corrected chi connectivity index (χ2v) is 12.9. The minimum absolute atomic E-state index is 0.00902. The highest BCUT2D eigenvalue weighted by Crippen LogP contribution is 2.45. The zero-order valence-electron chi connectivity index (χ0n) is 25.3. The molecular formula is C34H40N8O2. The quantitative estimate of drug-likeness (QED) is 0.209. The number of hydrogen-bond donors (Lipinski definition) is 3. The number of nitrogens with two attached hydrogens (primary N) is 1. The van der Waals surface area contributed by atoms with Crippen LogP contribution in [-0.4, -0.2) is 61.8 Å². The van der Waals surface area contributed by atoms with Gasteiger partial charge in [0.2, 0.25) is 11.9 Å². The van der Waals surface area contributed by atoms with Crippen molar-refractivity contribution in [3.05, 3.63) is 78.5 Å². The van der Waals surface area contributed by atoms with Crippen molar-refractivity contribution in [2.75, 3.05) is 30.3 Å². The molecule has 3 heterocycles. The van der Waals surface area contributed by atoms with Crippen LogP contribution in [0.4, 0.5) is 17.5 Å². The number of carbonyl (C=O) groups is 1. The van der Waals surface area contributed by atoms with Gasteiger partial charge in [0.15, 0.2) is 5.65 Å². The summed E-state index contributed by atoms with van der Waals surface area (Å²) in [4.78, 5) is 24.7. The van der Waals surface area contributed by atoms with Gasteiger partial charge in [-0.15, -0.1) is 0 Å². The van der Waals surface area contributed by atoms with Crippen LogP contribution in [0.25, 0.3) is 11.0 Å². The van der Waals surface area contributed by atoms with Gasteiger partial charge in [-0.3, -0.25) is 9.69 Å². The topological polar surface area (TPSA) is 123 Å². The van der Waals surface area contributed by atoms with Crippen LogP contribution in [0.3, 0.4) is 0 Å². The number of fused-ring (bicyclic) bond motifs is 3. The van der Waals surface area contributed by atoms with Gasteiger partial charge in [0.1, 0.15) is 18.2 Å². The van der Waals surface area contributed by atoms with Gasteiger partial charge in [0.05, 0.1) is 24.0 Å². The van der Waals surface area contributed by atoms with E-state index in [1.165, 1.54) is 12.8 Å². The molecule has 2 unspecified atom stereocenters. The number of amides is 1. The van der Waals surface area contributed by atoms with E-state index in [1.807, 2.05) is 47.1 Å². The molecule has 3 aliphatic rings. The average molecular weight is 593 g/mol. The molecule has 0 radical (unpaired) electrons. The van der Waals surface area contributed by atoms with Gasteiger partial charge in [0, 0.05) is 17.3 Å². The summed E-state index contributed by atoms with van der Waals surface area (Å²) >= 11 is 0. The lowest BCUT2D eigenvalue weighted by molar-refractivity contribution is -0.122. The Labute approximate surface area is 257 Å². The summed E-state index contributed by atoms with van der Waals surface area (Å²) in [6.07, 6.45) is 9.54. The van der Waals surface area contributed by atoms with E-state index in [0.717, 1.165) is 41.9 Å². The van der Waals surface area contributed by atoms with Crippen molar-refractivity contribution in [1.82, 2.24) is 24.6 Å². The zero-order valence-corrected chi connectivity index (χ0v) is 25.3. The predicted octanol–water partition coefficient (Wildman–Crippen LogP) is 4.96. The van der Waals surface area contributed by atoms with E-state index in [2.05, 4.69) is 58.8 Å². The third-order valence-electron chi connectivity index (χ3n) is 9.43. The van der Waals surface area contributed by atoms with E-state index in [4.69, 9.17) is 20.4 Å². The number of benzene rings is 2.